The summed E-state index contributed by atoms with van der Waals surface area (Å²) in [5.41, 5.74) is 2.47. The molecule has 2 atom stereocenters. The third-order valence-corrected chi connectivity index (χ3v) is 5.54. The molecule has 1 amide bonds. The van der Waals surface area contributed by atoms with Gasteiger partial charge in [0.25, 0.3) is 0 Å². The Balaban J connectivity index is 0.00000210. The topological polar surface area (TPSA) is 50.4 Å². The van der Waals surface area contributed by atoms with Crippen molar-refractivity contribution in [3.05, 3.63) is 65.7 Å². The molecule has 144 valence electrons. The van der Waals surface area contributed by atoms with E-state index in [0.717, 1.165) is 31.7 Å². The Labute approximate surface area is 167 Å². The standard InChI is InChI=1S/C22H26N2O2.ClH/c1-15-7-9-18(10-8-15)26-19-11-17(12-19)24-22(25)21-14-23-13-20(21)16-5-3-2-4-6-16;/h2-10,17,19-21,23H,11-14H2,1H3,(H,24,25);1H/t17-,19-,20-,21+;/m1./s1. The van der Waals surface area contributed by atoms with Gasteiger partial charge < -0.3 is 15.4 Å². The predicted molar refractivity (Wildman–Crippen MR) is 110 cm³/mol. The molecule has 2 N–H and O–H groups in total. The number of ether oxygens (including phenoxy) is 1. The maximum atomic E-state index is 12.7. The molecule has 1 saturated heterocycles. The quantitative estimate of drug-likeness (QED) is 0.827. The van der Waals surface area contributed by atoms with Crippen molar-refractivity contribution in [1.82, 2.24) is 10.6 Å². The number of nitrogens with one attached hydrogen (secondary N) is 2. The van der Waals surface area contributed by atoms with Crippen LogP contribution in [0.15, 0.2) is 54.6 Å². The number of hydrogen-bond acceptors (Lipinski definition) is 3. The summed E-state index contributed by atoms with van der Waals surface area (Å²) >= 11 is 0. The summed E-state index contributed by atoms with van der Waals surface area (Å²) in [7, 11) is 0. The van der Waals surface area contributed by atoms with Gasteiger partial charge in [0.1, 0.15) is 11.9 Å². The van der Waals surface area contributed by atoms with Gasteiger partial charge in [-0.2, -0.15) is 0 Å². The largest absolute Gasteiger partial charge is 0.490 e. The fourth-order valence-corrected chi connectivity index (χ4v) is 3.90. The minimum atomic E-state index is 0. The number of hydrogen-bond donors (Lipinski definition) is 2. The summed E-state index contributed by atoms with van der Waals surface area (Å²) in [6, 6.07) is 18.7. The molecule has 5 heteroatoms. The van der Waals surface area contributed by atoms with Crippen LogP contribution < -0.4 is 15.4 Å². The third-order valence-electron chi connectivity index (χ3n) is 5.54. The highest BCUT2D eigenvalue weighted by Gasteiger charge is 2.38. The Morgan fingerprint density at radius 3 is 2.44 bits per heavy atom. The summed E-state index contributed by atoms with van der Waals surface area (Å²) in [4.78, 5) is 12.7. The first-order chi connectivity index (χ1) is 12.7. The molecule has 0 bridgehead atoms. The van der Waals surface area contributed by atoms with Crippen molar-refractivity contribution in [2.45, 2.75) is 37.8 Å². The number of carbonyl (C=O) groups is 1. The lowest BCUT2D eigenvalue weighted by molar-refractivity contribution is -0.126. The van der Waals surface area contributed by atoms with E-state index in [0.29, 0.717) is 0 Å². The molecule has 2 aromatic rings. The van der Waals surface area contributed by atoms with E-state index < -0.39 is 0 Å². The molecule has 1 aliphatic heterocycles. The van der Waals surface area contributed by atoms with E-state index >= 15 is 0 Å². The highest BCUT2D eigenvalue weighted by molar-refractivity contribution is 5.85. The molecule has 4 nitrogen and oxygen atoms in total. The number of aryl methyl sites for hydroxylation is 1. The molecule has 2 aliphatic rings. The monoisotopic (exact) mass is 386 g/mol. The van der Waals surface area contributed by atoms with Crippen molar-refractivity contribution in [2.75, 3.05) is 13.1 Å². The molecule has 27 heavy (non-hydrogen) atoms. The third kappa shape index (κ3) is 4.63. The average molecular weight is 387 g/mol. The summed E-state index contributed by atoms with van der Waals surface area (Å²) in [5.74, 6) is 1.35. The maximum Gasteiger partial charge on any atom is 0.225 e. The zero-order chi connectivity index (χ0) is 17.9. The van der Waals surface area contributed by atoms with Crippen LogP contribution in [0.3, 0.4) is 0 Å². The first-order valence-corrected chi connectivity index (χ1v) is 9.48. The molecule has 1 saturated carbocycles. The smallest absolute Gasteiger partial charge is 0.225 e. The van der Waals surface area contributed by atoms with Crippen molar-refractivity contribution < 1.29 is 9.53 Å². The van der Waals surface area contributed by atoms with Crippen molar-refractivity contribution >= 4 is 18.3 Å². The fraction of sp³-hybridized carbons (Fsp3) is 0.409. The van der Waals surface area contributed by atoms with Gasteiger partial charge in [-0.25, -0.2) is 0 Å². The minimum Gasteiger partial charge on any atom is -0.490 e. The molecule has 2 aromatic carbocycles. The summed E-state index contributed by atoms with van der Waals surface area (Å²) in [6.07, 6.45) is 1.97. The Bertz CT molecular complexity index is 745. The lowest BCUT2D eigenvalue weighted by Gasteiger charge is -2.36. The number of benzene rings is 2. The van der Waals surface area contributed by atoms with Crippen LogP contribution in [0.25, 0.3) is 0 Å². The second-order valence-corrected chi connectivity index (χ2v) is 7.51. The van der Waals surface area contributed by atoms with Gasteiger partial charge in [-0.15, -0.1) is 12.4 Å². The van der Waals surface area contributed by atoms with Gasteiger partial charge in [-0.1, -0.05) is 48.0 Å². The van der Waals surface area contributed by atoms with E-state index in [1.165, 1.54) is 11.1 Å². The van der Waals surface area contributed by atoms with Crippen LogP contribution in [0, 0.1) is 12.8 Å². The molecule has 0 unspecified atom stereocenters. The van der Waals surface area contributed by atoms with Crippen LogP contribution >= 0.6 is 12.4 Å². The van der Waals surface area contributed by atoms with Crippen molar-refractivity contribution in [3.8, 4) is 5.75 Å². The van der Waals surface area contributed by atoms with Crippen LogP contribution in [-0.4, -0.2) is 31.1 Å². The van der Waals surface area contributed by atoms with Gasteiger partial charge in [0.05, 0.1) is 5.92 Å². The number of carbonyl (C=O) groups excluding carboxylic acids is 1. The molecular formula is C22H27ClN2O2. The highest BCUT2D eigenvalue weighted by atomic mass is 35.5. The molecule has 0 spiro atoms. The van der Waals surface area contributed by atoms with E-state index in [9.17, 15) is 4.79 Å². The second kappa shape index (κ2) is 8.77. The van der Waals surface area contributed by atoms with Crippen molar-refractivity contribution in [2.24, 2.45) is 5.92 Å². The van der Waals surface area contributed by atoms with Gasteiger partial charge in [0, 0.05) is 37.9 Å². The average Bonchev–Trinajstić information content (AvgIpc) is 3.12. The Kier molecular flexibility index (Phi) is 6.40. The van der Waals surface area contributed by atoms with E-state index in [1.54, 1.807) is 0 Å². The van der Waals surface area contributed by atoms with Gasteiger partial charge in [-0.3, -0.25) is 4.79 Å². The van der Waals surface area contributed by atoms with E-state index in [4.69, 9.17) is 4.74 Å². The normalized spacial score (nSPS) is 26.6. The van der Waals surface area contributed by atoms with Crippen LogP contribution in [0.4, 0.5) is 0 Å². The van der Waals surface area contributed by atoms with Crippen LogP contribution in [0.2, 0.25) is 0 Å². The maximum absolute atomic E-state index is 12.7. The van der Waals surface area contributed by atoms with Crippen LogP contribution in [0.1, 0.15) is 29.9 Å². The molecule has 1 aliphatic carbocycles. The molecule has 2 fully saturated rings. The summed E-state index contributed by atoms with van der Waals surface area (Å²) in [5, 5.41) is 6.60. The summed E-state index contributed by atoms with van der Waals surface area (Å²) < 4.78 is 5.97. The Hall–Kier alpha value is -2.04. The number of amides is 1. The van der Waals surface area contributed by atoms with Crippen molar-refractivity contribution in [1.29, 1.82) is 0 Å². The Morgan fingerprint density at radius 1 is 1.04 bits per heavy atom. The van der Waals surface area contributed by atoms with Gasteiger partial charge in [0.15, 0.2) is 0 Å². The highest BCUT2D eigenvalue weighted by Crippen LogP contribution is 2.30. The zero-order valence-corrected chi connectivity index (χ0v) is 16.4. The lowest BCUT2D eigenvalue weighted by atomic mass is 9.85. The van der Waals surface area contributed by atoms with Gasteiger partial charge >= 0.3 is 0 Å². The Morgan fingerprint density at radius 2 is 1.74 bits per heavy atom. The lowest BCUT2D eigenvalue weighted by Crippen LogP contribution is -2.51. The first kappa shape index (κ1) is 19.7. The first-order valence-electron chi connectivity index (χ1n) is 9.48. The van der Waals surface area contributed by atoms with Gasteiger partial charge in [-0.05, 0) is 24.6 Å². The summed E-state index contributed by atoms with van der Waals surface area (Å²) in [6.45, 7) is 3.69. The molecule has 1 heterocycles. The second-order valence-electron chi connectivity index (χ2n) is 7.51. The van der Waals surface area contributed by atoms with Crippen molar-refractivity contribution in [3.63, 3.8) is 0 Å². The van der Waals surface area contributed by atoms with E-state index in [2.05, 4.69) is 41.8 Å². The van der Waals surface area contributed by atoms with E-state index in [-0.39, 0.29) is 42.3 Å². The number of halogens is 1. The van der Waals surface area contributed by atoms with Gasteiger partial charge in [0.2, 0.25) is 5.91 Å². The van der Waals surface area contributed by atoms with E-state index in [1.807, 2.05) is 30.3 Å². The van der Waals surface area contributed by atoms with Crippen LogP contribution in [-0.2, 0) is 4.79 Å². The molecule has 0 aromatic heterocycles. The number of rotatable bonds is 5. The SMILES string of the molecule is Cc1ccc(O[C@H]2C[C@H](NC(=O)[C@H]3CNC[C@@H]3c3ccccc3)C2)cc1.Cl. The fourth-order valence-electron chi connectivity index (χ4n) is 3.90. The predicted octanol–water partition coefficient (Wildman–Crippen LogP) is 3.45. The molecular weight excluding hydrogens is 360 g/mol. The molecule has 4 rings (SSSR count). The zero-order valence-electron chi connectivity index (χ0n) is 15.6. The molecule has 0 radical (unpaired) electrons. The van der Waals surface area contributed by atoms with Crippen LogP contribution in [0.5, 0.6) is 5.75 Å². The minimum absolute atomic E-state index is 0.